The summed E-state index contributed by atoms with van der Waals surface area (Å²) < 4.78 is 13.3. The highest BCUT2D eigenvalue weighted by Crippen LogP contribution is 2.44. The lowest BCUT2D eigenvalue weighted by Crippen LogP contribution is -2.36. The molecule has 1 aromatic carbocycles. The maximum atomic E-state index is 13.3. The number of anilines is 2. The molecule has 0 amide bonds. The summed E-state index contributed by atoms with van der Waals surface area (Å²) in [6, 6.07) is 2.64. The average Bonchev–Trinajstić information content (AvgIpc) is 2.32. The van der Waals surface area contributed by atoms with Crippen LogP contribution in [-0.4, -0.2) is 17.6 Å². The van der Waals surface area contributed by atoms with Crippen molar-refractivity contribution in [3.8, 4) is 0 Å². The molecule has 1 aromatic rings. The first kappa shape index (κ1) is 13.6. The lowest BCUT2D eigenvalue weighted by atomic mass is 9.67. The molecule has 5 heteroatoms. The van der Waals surface area contributed by atoms with Gasteiger partial charge in [-0.15, -0.1) is 0 Å². The minimum Gasteiger partial charge on any atom is -0.478 e. The summed E-state index contributed by atoms with van der Waals surface area (Å²) in [4.78, 5) is 11.2. The summed E-state index contributed by atoms with van der Waals surface area (Å²) in [6.45, 7) is 2.84. The standard InChI is InChI=1S/C14H19FN2O2/c1-2-14(6-3-7-14)8-17-10-5-4-9(15)12(16)11(10)13(18)19/h4-5,17H,2-3,6-8,16H2,1H3,(H,18,19). The van der Waals surface area contributed by atoms with Crippen LogP contribution in [-0.2, 0) is 0 Å². The van der Waals surface area contributed by atoms with Crippen LogP contribution in [0.25, 0.3) is 0 Å². The first-order valence-electron chi connectivity index (χ1n) is 6.54. The summed E-state index contributed by atoms with van der Waals surface area (Å²) in [5.41, 5.74) is 5.67. The highest BCUT2D eigenvalue weighted by Gasteiger charge is 2.35. The van der Waals surface area contributed by atoms with Gasteiger partial charge in [0.15, 0.2) is 0 Å². The van der Waals surface area contributed by atoms with E-state index in [9.17, 15) is 9.18 Å². The first-order valence-corrected chi connectivity index (χ1v) is 6.54. The van der Waals surface area contributed by atoms with Crippen LogP contribution < -0.4 is 11.1 Å². The van der Waals surface area contributed by atoms with E-state index in [0.717, 1.165) is 19.3 Å². The van der Waals surface area contributed by atoms with Crippen LogP contribution in [0.15, 0.2) is 12.1 Å². The fourth-order valence-corrected chi connectivity index (χ4v) is 2.59. The Morgan fingerprint density at radius 1 is 1.53 bits per heavy atom. The quantitative estimate of drug-likeness (QED) is 0.716. The number of nitrogens with two attached hydrogens (primary N) is 1. The van der Waals surface area contributed by atoms with Gasteiger partial charge in [0.05, 0.1) is 11.4 Å². The van der Waals surface area contributed by atoms with Crippen molar-refractivity contribution >= 4 is 17.3 Å². The Kier molecular flexibility index (Phi) is 3.64. The summed E-state index contributed by atoms with van der Waals surface area (Å²) in [5, 5.41) is 12.3. The van der Waals surface area contributed by atoms with E-state index in [1.165, 1.54) is 18.6 Å². The molecular weight excluding hydrogens is 247 g/mol. The second kappa shape index (κ2) is 5.07. The van der Waals surface area contributed by atoms with Gasteiger partial charge in [-0.25, -0.2) is 9.18 Å². The van der Waals surface area contributed by atoms with Crippen molar-refractivity contribution in [1.29, 1.82) is 0 Å². The van der Waals surface area contributed by atoms with Crippen molar-refractivity contribution in [2.45, 2.75) is 32.6 Å². The van der Waals surface area contributed by atoms with Crippen LogP contribution in [0.1, 0.15) is 43.0 Å². The number of aromatic carboxylic acids is 1. The lowest BCUT2D eigenvalue weighted by Gasteiger charge is -2.41. The molecule has 0 aliphatic heterocycles. The molecule has 104 valence electrons. The Labute approximate surface area is 111 Å². The van der Waals surface area contributed by atoms with Crippen LogP contribution in [0.3, 0.4) is 0 Å². The first-order chi connectivity index (χ1) is 8.99. The zero-order valence-electron chi connectivity index (χ0n) is 11.0. The van der Waals surface area contributed by atoms with Crippen LogP contribution >= 0.6 is 0 Å². The van der Waals surface area contributed by atoms with E-state index < -0.39 is 11.8 Å². The molecular formula is C14H19FN2O2. The number of hydrogen-bond donors (Lipinski definition) is 3. The summed E-state index contributed by atoms with van der Waals surface area (Å²) in [7, 11) is 0. The Morgan fingerprint density at radius 2 is 2.21 bits per heavy atom. The summed E-state index contributed by atoms with van der Waals surface area (Å²) in [6.07, 6.45) is 4.57. The van der Waals surface area contributed by atoms with E-state index >= 15 is 0 Å². The fraction of sp³-hybridized carbons (Fsp3) is 0.500. The van der Waals surface area contributed by atoms with Gasteiger partial charge in [-0.3, -0.25) is 0 Å². The number of nitrogen functional groups attached to an aromatic ring is 1. The molecule has 0 aromatic heterocycles. The number of halogens is 1. The third kappa shape index (κ3) is 2.50. The highest BCUT2D eigenvalue weighted by atomic mass is 19.1. The van der Waals surface area contributed by atoms with E-state index in [4.69, 9.17) is 10.8 Å². The monoisotopic (exact) mass is 266 g/mol. The molecule has 4 nitrogen and oxygen atoms in total. The average molecular weight is 266 g/mol. The molecule has 1 saturated carbocycles. The number of carbonyl (C=O) groups is 1. The molecule has 0 spiro atoms. The molecule has 4 N–H and O–H groups in total. The van der Waals surface area contributed by atoms with Gasteiger partial charge in [-0.1, -0.05) is 13.3 Å². The predicted octanol–water partition coefficient (Wildman–Crippen LogP) is 3.10. The SMILES string of the molecule is CCC1(CNc2ccc(F)c(N)c2C(=O)O)CCC1. The van der Waals surface area contributed by atoms with Gasteiger partial charge in [0.2, 0.25) is 0 Å². The molecule has 19 heavy (non-hydrogen) atoms. The smallest absolute Gasteiger partial charge is 0.340 e. The Bertz CT molecular complexity index is 493. The normalized spacial score (nSPS) is 16.7. The van der Waals surface area contributed by atoms with Gasteiger partial charge in [0.1, 0.15) is 11.4 Å². The van der Waals surface area contributed by atoms with E-state index in [1.54, 1.807) is 0 Å². The molecule has 2 rings (SSSR count). The lowest BCUT2D eigenvalue weighted by molar-refractivity contribution is 0.0698. The summed E-state index contributed by atoms with van der Waals surface area (Å²) in [5.74, 6) is -1.91. The fourth-order valence-electron chi connectivity index (χ4n) is 2.59. The molecule has 0 unspecified atom stereocenters. The molecule has 0 saturated heterocycles. The third-order valence-electron chi connectivity index (χ3n) is 4.22. The second-order valence-corrected chi connectivity index (χ2v) is 5.25. The zero-order valence-corrected chi connectivity index (χ0v) is 11.0. The van der Waals surface area contributed by atoms with Crippen molar-refractivity contribution in [3.05, 3.63) is 23.5 Å². The number of rotatable bonds is 5. The van der Waals surface area contributed by atoms with E-state index in [-0.39, 0.29) is 16.7 Å². The van der Waals surface area contributed by atoms with Crippen LogP contribution in [0.2, 0.25) is 0 Å². The Hall–Kier alpha value is -1.78. The zero-order chi connectivity index (χ0) is 14.0. The minimum atomic E-state index is -1.21. The van der Waals surface area contributed by atoms with Gasteiger partial charge in [0, 0.05) is 6.54 Å². The molecule has 0 bridgehead atoms. The van der Waals surface area contributed by atoms with E-state index in [1.807, 2.05) is 0 Å². The van der Waals surface area contributed by atoms with Crippen LogP contribution in [0.4, 0.5) is 15.8 Å². The maximum absolute atomic E-state index is 13.3. The number of carboxylic acids is 1. The van der Waals surface area contributed by atoms with Gasteiger partial charge < -0.3 is 16.2 Å². The summed E-state index contributed by atoms with van der Waals surface area (Å²) >= 11 is 0. The van der Waals surface area contributed by atoms with Gasteiger partial charge in [0.25, 0.3) is 0 Å². The van der Waals surface area contributed by atoms with Crippen LogP contribution in [0, 0.1) is 11.2 Å². The second-order valence-electron chi connectivity index (χ2n) is 5.25. The molecule has 1 aliphatic carbocycles. The number of hydrogen-bond acceptors (Lipinski definition) is 3. The molecule has 0 atom stereocenters. The van der Waals surface area contributed by atoms with Gasteiger partial charge in [-0.05, 0) is 36.8 Å². The molecule has 0 heterocycles. The number of carboxylic acid groups (broad SMARTS) is 1. The third-order valence-corrected chi connectivity index (χ3v) is 4.22. The highest BCUT2D eigenvalue weighted by molar-refractivity contribution is 6.00. The molecule has 1 fully saturated rings. The van der Waals surface area contributed by atoms with Gasteiger partial charge >= 0.3 is 5.97 Å². The predicted molar refractivity (Wildman–Crippen MR) is 72.8 cm³/mol. The molecule has 0 radical (unpaired) electrons. The number of benzene rings is 1. The van der Waals surface area contributed by atoms with Crippen molar-refractivity contribution in [3.63, 3.8) is 0 Å². The van der Waals surface area contributed by atoms with Crippen molar-refractivity contribution < 1.29 is 14.3 Å². The maximum Gasteiger partial charge on any atom is 0.340 e. The van der Waals surface area contributed by atoms with E-state index in [2.05, 4.69) is 12.2 Å². The van der Waals surface area contributed by atoms with Gasteiger partial charge in [-0.2, -0.15) is 0 Å². The van der Waals surface area contributed by atoms with Crippen LogP contribution in [0.5, 0.6) is 0 Å². The minimum absolute atomic E-state index is 0.175. The largest absolute Gasteiger partial charge is 0.478 e. The number of nitrogens with one attached hydrogen (secondary N) is 1. The molecule has 1 aliphatic rings. The topological polar surface area (TPSA) is 75.3 Å². The van der Waals surface area contributed by atoms with Crippen molar-refractivity contribution in [1.82, 2.24) is 0 Å². The van der Waals surface area contributed by atoms with E-state index in [0.29, 0.717) is 12.2 Å². The Balaban J connectivity index is 2.20. The van der Waals surface area contributed by atoms with Crippen molar-refractivity contribution in [2.75, 3.05) is 17.6 Å². The Morgan fingerprint density at radius 3 is 2.68 bits per heavy atom. The van der Waals surface area contributed by atoms with Crippen molar-refractivity contribution in [2.24, 2.45) is 5.41 Å².